The molecule has 4 aromatic rings. The maximum absolute atomic E-state index is 13.2. The van der Waals surface area contributed by atoms with Crippen molar-refractivity contribution in [2.75, 3.05) is 13.2 Å². The lowest BCUT2D eigenvalue weighted by atomic mass is 9.92. The third-order valence-corrected chi connectivity index (χ3v) is 6.47. The molecular formula is C28H30N4O5. The number of aromatic amines is 1. The Morgan fingerprint density at radius 3 is 2.81 bits per heavy atom. The van der Waals surface area contributed by atoms with Gasteiger partial charge in [-0.05, 0) is 42.7 Å². The van der Waals surface area contributed by atoms with Crippen molar-refractivity contribution in [2.24, 2.45) is 0 Å². The molecule has 9 nitrogen and oxygen atoms in total. The van der Waals surface area contributed by atoms with Crippen molar-refractivity contribution in [3.8, 4) is 0 Å². The summed E-state index contributed by atoms with van der Waals surface area (Å²) in [7, 11) is 0. The smallest absolute Gasteiger partial charge is 0.286 e. The van der Waals surface area contributed by atoms with Crippen LogP contribution in [-0.2, 0) is 20.8 Å². The van der Waals surface area contributed by atoms with Gasteiger partial charge in [-0.3, -0.25) is 14.2 Å². The molecule has 3 heterocycles. The van der Waals surface area contributed by atoms with Gasteiger partial charge in [0.2, 0.25) is 12.2 Å². The van der Waals surface area contributed by atoms with Crippen LogP contribution in [0.5, 0.6) is 0 Å². The quantitative estimate of drug-likeness (QED) is 0.298. The molecule has 192 valence electrons. The highest BCUT2D eigenvalue weighted by atomic mass is 16.7. The van der Waals surface area contributed by atoms with E-state index in [9.17, 15) is 9.59 Å². The number of allylic oxidation sites excluding steroid dienone is 1. The third kappa shape index (κ3) is 5.42. The van der Waals surface area contributed by atoms with Crippen LogP contribution in [-0.4, -0.2) is 51.0 Å². The monoisotopic (exact) mass is 502 g/mol. The van der Waals surface area contributed by atoms with Crippen molar-refractivity contribution < 1.29 is 24.2 Å². The molecule has 9 heteroatoms. The van der Waals surface area contributed by atoms with E-state index in [0.717, 1.165) is 27.5 Å². The molecule has 1 amide bonds. The number of amides is 1. The van der Waals surface area contributed by atoms with Gasteiger partial charge in [-0.15, -0.1) is 0 Å². The maximum Gasteiger partial charge on any atom is 0.286 e. The second kappa shape index (κ2) is 11.0. The lowest BCUT2D eigenvalue weighted by Gasteiger charge is -2.29. The number of imidazole rings is 1. The Morgan fingerprint density at radius 1 is 1.19 bits per heavy atom. The number of aliphatic hydroxyl groups is 1. The summed E-state index contributed by atoms with van der Waals surface area (Å²) in [5.41, 5.74) is 3.48. The summed E-state index contributed by atoms with van der Waals surface area (Å²) >= 11 is 0. The molecule has 1 aliphatic rings. The average Bonchev–Trinajstić information content (AvgIpc) is 3.51. The second-order valence-electron chi connectivity index (χ2n) is 9.10. The zero-order valence-corrected chi connectivity index (χ0v) is 20.6. The van der Waals surface area contributed by atoms with Crippen LogP contribution in [0.15, 0.2) is 66.6 Å². The van der Waals surface area contributed by atoms with Crippen LogP contribution in [0.1, 0.15) is 48.3 Å². The Bertz CT molecular complexity index is 1420. The molecule has 5 rings (SSSR count). The molecule has 3 N–H and O–H groups in total. The number of nitrogens with one attached hydrogen (secondary N) is 2. The minimum atomic E-state index is -0.639. The number of ether oxygens (including phenoxy) is 2. The lowest BCUT2D eigenvalue weighted by molar-refractivity contribution is -0.146. The Balaban J connectivity index is 1.39. The van der Waals surface area contributed by atoms with Crippen LogP contribution >= 0.6 is 0 Å². The Hall–Kier alpha value is -3.95. The topological polar surface area (TPSA) is 118 Å². The van der Waals surface area contributed by atoms with Gasteiger partial charge in [0.15, 0.2) is 5.76 Å². The van der Waals surface area contributed by atoms with Gasteiger partial charge in [0, 0.05) is 37.5 Å². The molecule has 2 aromatic heterocycles. The number of fused-ring (bicyclic) bond motifs is 2. The number of para-hydroxylation sites is 3. The number of carbonyl (C=O) groups excluding carboxylic acids is 2. The molecule has 0 spiro atoms. The zero-order chi connectivity index (χ0) is 25.8. The van der Waals surface area contributed by atoms with Crippen LogP contribution < -0.4 is 5.32 Å². The Morgan fingerprint density at radius 2 is 2.00 bits per heavy atom. The molecule has 0 fully saturated rings. The van der Waals surface area contributed by atoms with Crippen molar-refractivity contribution in [1.82, 2.24) is 19.9 Å². The molecular weight excluding hydrogens is 472 g/mol. The summed E-state index contributed by atoms with van der Waals surface area (Å²) < 4.78 is 13.5. The second-order valence-corrected chi connectivity index (χ2v) is 9.10. The van der Waals surface area contributed by atoms with Crippen molar-refractivity contribution in [1.29, 1.82) is 0 Å². The van der Waals surface area contributed by atoms with Crippen LogP contribution in [0.4, 0.5) is 0 Å². The molecule has 2 unspecified atom stereocenters. The number of H-pyrrole nitrogens is 1. The highest BCUT2D eigenvalue weighted by Gasteiger charge is 2.30. The summed E-state index contributed by atoms with van der Waals surface area (Å²) in [6.45, 7) is 2.24. The molecule has 1 aliphatic heterocycles. The molecule has 0 saturated heterocycles. The van der Waals surface area contributed by atoms with E-state index in [1.54, 1.807) is 10.6 Å². The SMILES string of the molecule is CC(=O)n1cc(C2C=C(C(=O)NCc3nc4ccccc4[nH]3)OC(OCCCCO)C2)c2ccccc21. The first-order valence-corrected chi connectivity index (χ1v) is 12.5. The van der Waals surface area contributed by atoms with E-state index in [4.69, 9.17) is 14.6 Å². The largest absolute Gasteiger partial charge is 0.459 e. The lowest BCUT2D eigenvalue weighted by Crippen LogP contribution is -2.33. The van der Waals surface area contributed by atoms with E-state index < -0.39 is 6.29 Å². The van der Waals surface area contributed by atoms with Crippen molar-refractivity contribution >= 4 is 33.8 Å². The molecule has 2 aromatic carbocycles. The first kappa shape index (κ1) is 24.7. The van der Waals surface area contributed by atoms with Crippen molar-refractivity contribution in [3.05, 3.63) is 78.0 Å². The molecule has 37 heavy (non-hydrogen) atoms. The van der Waals surface area contributed by atoms with Crippen LogP contribution in [0.2, 0.25) is 0 Å². The summed E-state index contributed by atoms with van der Waals surface area (Å²) in [4.78, 5) is 33.2. The highest BCUT2D eigenvalue weighted by Crippen LogP contribution is 2.36. The number of nitrogens with zero attached hydrogens (tertiary/aromatic N) is 2. The number of rotatable bonds is 9. The zero-order valence-electron chi connectivity index (χ0n) is 20.6. The summed E-state index contributed by atoms with van der Waals surface area (Å²) in [5, 5.41) is 12.9. The van der Waals surface area contributed by atoms with Gasteiger partial charge >= 0.3 is 0 Å². The van der Waals surface area contributed by atoms with E-state index in [1.807, 2.05) is 54.7 Å². The van der Waals surface area contributed by atoms with Gasteiger partial charge in [0.05, 0.1) is 29.7 Å². The Kier molecular flexibility index (Phi) is 7.34. The number of aliphatic hydroxyl groups excluding tert-OH is 1. The summed E-state index contributed by atoms with van der Waals surface area (Å²) in [6.07, 6.45) is 4.80. The Labute approximate surface area is 214 Å². The number of hydrogen-bond donors (Lipinski definition) is 3. The van der Waals surface area contributed by atoms with E-state index >= 15 is 0 Å². The first-order valence-electron chi connectivity index (χ1n) is 12.5. The first-order chi connectivity index (χ1) is 18.0. The van der Waals surface area contributed by atoms with E-state index in [-0.39, 0.29) is 36.6 Å². The maximum atomic E-state index is 13.2. The summed E-state index contributed by atoms with van der Waals surface area (Å²) in [6, 6.07) is 15.4. The minimum Gasteiger partial charge on any atom is -0.459 e. The van der Waals surface area contributed by atoms with Crippen LogP contribution in [0.25, 0.3) is 21.9 Å². The fourth-order valence-electron chi connectivity index (χ4n) is 4.67. The number of benzene rings is 2. The molecule has 0 radical (unpaired) electrons. The standard InChI is InChI=1S/C28H30N4O5/c1-18(34)32-17-21(20-8-2-5-11-24(20)32)19-14-25(37-27(15-19)36-13-7-6-12-33)28(35)29-16-26-30-22-9-3-4-10-23(22)31-26/h2-5,8-11,14,17,19,27,33H,6-7,12-13,15-16H2,1H3,(H,29,35)(H,30,31). The molecule has 0 bridgehead atoms. The van der Waals surface area contributed by atoms with Gasteiger partial charge in [-0.1, -0.05) is 30.3 Å². The predicted octanol–water partition coefficient (Wildman–Crippen LogP) is 4.00. The van der Waals surface area contributed by atoms with E-state index in [0.29, 0.717) is 31.7 Å². The molecule has 2 atom stereocenters. The van der Waals surface area contributed by atoms with Crippen molar-refractivity contribution in [3.63, 3.8) is 0 Å². The normalized spacial score (nSPS) is 17.5. The fourth-order valence-corrected chi connectivity index (χ4v) is 4.67. The van der Waals surface area contributed by atoms with Crippen LogP contribution in [0.3, 0.4) is 0 Å². The number of carbonyl (C=O) groups is 2. The minimum absolute atomic E-state index is 0.0842. The highest BCUT2D eigenvalue weighted by molar-refractivity contribution is 5.95. The van der Waals surface area contributed by atoms with Gasteiger partial charge in [0.1, 0.15) is 5.82 Å². The number of aromatic nitrogens is 3. The average molecular weight is 503 g/mol. The van der Waals surface area contributed by atoms with Gasteiger partial charge in [0.25, 0.3) is 5.91 Å². The van der Waals surface area contributed by atoms with Gasteiger partial charge < -0.3 is 24.9 Å². The predicted molar refractivity (Wildman–Crippen MR) is 139 cm³/mol. The third-order valence-electron chi connectivity index (χ3n) is 6.47. The van der Waals surface area contributed by atoms with E-state index in [1.165, 1.54) is 6.92 Å². The van der Waals surface area contributed by atoms with Crippen LogP contribution in [0, 0.1) is 0 Å². The molecule has 0 aliphatic carbocycles. The fraction of sp³-hybridized carbons (Fsp3) is 0.321. The van der Waals surface area contributed by atoms with Crippen molar-refractivity contribution in [2.45, 2.75) is 44.9 Å². The number of hydrogen-bond acceptors (Lipinski definition) is 6. The van der Waals surface area contributed by atoms with Gasteiger partial charge in [-0.2, -0.15) is 0 Å². The number of unbranched alkanes of at least 4 members (excludes halogenated alkanes) is 1. The summed E-state index contributed by atoms with van der Waals surface area (Å²) in [5.74, 6) is 0.153. The van der Waals surface area contributed by atoms with Gasteiger partial charge in [-0.25, -0.2) is 4.98 Å². The molecule has 0 saturated carbocycles. The van der Waals surface area contributed by atoms with E-state index in [2.05, 4.69) is 15.3 Å².